The topological polar surface area (TPSA) is 24.3 Å². The number of rotatable bonds is 2. The molecule has 1 saturated heterocycles. The van der Waals surface area contributed by atoms with Crippen molar-refractivity contribution in [2.24, 2.45) is 7.05 Å². The van der Waals surface area contributed by atoms with E-state index in [4.69, 9.17) is 0 Å². The van der Waals surface area contributed by atoms with Crippen molar-refractivity contribution in [2.45, 2.75) is 26.8 Å². The van der Waals surface area contributed by atoms with Gasteiger partial charge in [-0.25, -0.2) is 0 Å². The Morgan fingerprint density at radius 1 is 1.19 bits per heavy atom. The van der Waals surface area contributed by atoms with Gasteiger partial charge in [-0.15, -0.1) is 0 Å². The van der Waals surface area contributed by atoms with Crippen LogP contribution in [-0.2, 0) is 7.05 Å². The minimum absolute atomic E-state index is 0.664. The molecule has 0 aromatic carbocycles. The lowest BCUT2D eigenvalue weighted by Crippen LogP contribution is -2.49. The molecular weight excluding hydrogens is 200 g/mol. The van der Waals surface area contributed by atoms with E-state index in [2.05, 4.69) is 41.9 Å². The Hall–Kier alpha value is -1.03. The zero-order chi connectivity index (χ0) is 11.7. The fourth-order valence-corrected chi connectivity index (χ4v) is 2.38. The van der Waals surface area contributed by atoms with Crippen molar-refractivity contribution in [3.05, 3.63) is 11.9 Å². The summed E-state index contributed by atoms with van der Waals surface area (Å²) < 4.78 is 1.90. The molecule has 0 saturated carbocycles. The highest BCUT2D eigenvalue weighted by atomic mass is 15.3. The number of aromatic nitrogens is 2. The zero-order valence-electron chi connectivity index (χ0n) is 10.8. The Labute approximate surface area is 97.8 Å². The molecule has 16 heavy (non-hydrogen) atoms. The standard InChI is InChI=1S/C12H22N4/c1-10(2)15-5-7-16(8-6-15)12-9-14(4)13-11(12)3/h9-10H,5-8H2,1-4H3. The maximum absolute atomic E-state index is 4.40. The third-order valence-electron chi connectivity index (χ3n) is 3.37. The van der Waals surface area contributed by atoms with E-state index in [1.165, 1.54) is 5.69 Å². The lowest BCUT2D eigenvalue weighted by Gasteiger charge is -2.37. The van der Waals surface area contributed by atoms with Gasteiger partial charge in [-0.05, 0) is 20.8 Å². The number of hydrogen-bond donors (Lipinski definition) is 0. The van der Waals surface area contributed by atoms with E-state index in [1.807, 2.05) is 11.7 Å². The van der Waals surface area contributed by atoms with Crippen LogP contribution in [0.25, 0.3) is 0 Å². The molecule has 0 aliphatic carbocycles. The third kappa shape index (κ3) is 2.21. The summed E-state index contributed by atoms with van der Waals surface area (Å²) in [6, 6.07) is 0.664. The lowest BCUT2D eigenvalue weighted by atomic mass is 10.2. The van der Waals surface area contributed by atoms with E-state index >= 15 is 0 Å². The molecule has 1 aromatic rings. The molecule has 2 heterocycles. The first-order valence-electron chi connectivity index (χ1n) is 6.07. The van der Waals surface area contributed by atoms with Crippen LogP contribution in [0, 0.1) is 6.92 Å². The molecular formula is C12H22N4. The molecule has 2 rings (SSSR count). The Morgan fingerprint density at radius 3 is 2.25 bits per heavy atom. The van der Waals surface area contributed by atoms with Crippen LogP contribution in [0.4, 0.5) is 5.69 Å². The van der Waals surface area contributed by atoms with Gasteiger partial charge in [-0.2, -0.15) is 5.10 Å². The van der Waals surface area contributed by atoms with Crippen molar-refractivity contribution < 1.29 is 0 Å². The van der Waals surface area contributed by atoms with Gasteiger partial charge in [0.15, 0.2) is 0 Å². The zero-order valence-corrected chi connectivity index (χ0v) is 10.8. The monoisotopic (exact) mass is 222 g/mol. The van der Waals surface area contributed by atoms with E-state index in [9.17, 15) is 0 Å². The minimum Gasteiger partial charge on any atom is -0.366 e. The van der Waals surface area contributed by atoms with E-state index in [1.54, 1.807) is 0 Å². The second-order valence-corrected chi connectivity index (χ2v) is 4.89. The molecule has 0 radical (unpaired) electrons. The summed E-state index contributed by atoms with van der Waals surface area (Å²) in [6.07, 6.45) is 2.13. The van der Waals surface area contributed by atoms with Crippen molar-refractivity contribution in [3.8, 4) is 0 Å². The van der Waals surface area contributed by atoms with Gasteiger partial charge in [-0.3, -0.25) is 9.58 Å². The summed E-state index contributed by atoms with van der Waals surface area (Å²) in [4.78, 5) is 4.98. The van der Waals surface area contributed by atoms with Crippen molar-refractivity contribution >= 4 is 5.69 Å². The highest BCUT2D eigenvalue weighted by molar-refractivity contribution is 5.49. The van der Waals surface area contributed by atoms with Crippen LogP contribution in [0.3, 0.4) is 0 Å². The second-order valence-electron chi connectivity index (χ2n) is 4.89. The maximum Gasteiger partial charge on any atom is 0.0827 e. The van der Waals surface area contributed by atoms with Gasteiger partial charge in [-0.1, -0.05) is 0 Å². The highest BCUT2D eigenvalue weighted by Gasteiger charge is 2.20. The molecule has 0 unspecified atom stereocenters. The van der Waals surface area contributed by atoms with Crippen LogP contribution in [0.15, 0.2) is 6.20 Å². The number of aryl methyl sites for hydroxylation is 2. The van der Waals surface area contributed by atoms with Crippen molar-refractivity contribution in [2.75, 3.05) is 31.1 Å². The largest absolute Gasteiger partial charge is 0.366 e. The van der Waals surface area contributed by atoms with Gasteiger partial charge in [0.05, 0.1) is 11.4 Å². The first-order chi connectivity index (χ1) is 7.58. The number of nitrogens with zero attached hydrogens (tertiary/aromatic N) is 4. The molecule has 1 aliphatic rings. The minimum atomic E-state index is 0.664. The summed E-state index contributed by atoms with van der Waals surface area (Å²) in [5.74, 6) is 0. The van der Waals surface area contributed by atoms with Crippen LogP contribution in [0.5, 0.6) is 0 Å². The lowest BCUT2D eigenvalue weighted by molar-refractivity contribution is 0.209. The second kappa shape index (κ2) is 4.45. The Balaban J connectivity index is 2.01. The summed E-state index contributed by atoms with van der Waals surface area (Å²) in [5, 5.41) is 4.40. The summed E-state index contributed by atoms with van der Waals surface area (Å²) in [6.45, 7) is 11.2. The first kappa shape index (κ1) is 11.5. The van der Waals surface area contributed by atoms with Gasteiger partial charge in [0.1, 0.15) is 0 Å². The normalized spacial score (nSPS) is 18.4. The molecule has 90 valence electrons. The van der Waals surface area contributed by atoms with E-state index < -0.39 is 0 Å². The van der Waals surface area contributed by atoms with E-state index in [0.29, 0.717) is 6.04 Å². The molecule has 1 fully saturated rings. The molecule has 4 nitrogen and oxygen atoms in total. The average molecular weight is 222 g/mol. The third-order valence-corrected chi connectivity index (χ3v) is 3.37. The molecule has 0 N–H and O–H groups in total. The summed E-state index contributed by atoms with van der Waals surface area (Å²) in [5.41, 5.74) is 2.44. The average Bonchev–Trinajstić information content (AvgIpc) is 2.58. The van der Waals surface area contributed by atoms with Gasteiger partial charge >= 0.3 is 0 Å². The first-order valence-corrected chi connectivity index (χ1v) is 6.07. The molecule has 0 spiro atoms. The summed E-state index contributed by atoms with van der Waals surface area (Å²) >= 11 is 0. The van der Waals surface area contributed by atoms with Gasteiger partial charge in [0.2, 0.25) is 0 Å². The molecule has 0 atom stereocenters. The van der Waals surface area contributed by atoms with Crippen LogP contribution >= 0.6 is 0 Å². The van der Waals surface area contributed by atoms with Gasteiger partial charge in [0, 0.05) is 45.5 Å². The predicted molar refractivity (Wildman–Crippen MR) is 66.9 cm³/mol. The number of piperazine rings is 1. The van der Waals surface area contributed by atoms with Crippen LogP contribution < -0.4 is 4.90 Å². The van der Waals surface area contributed by atoms with Crippen LogP contribution in [0.1, 0.15) is 19.5 Å². The van der Waals surface area contributed by atoms with E-state index in [-0.39, 0.29) is 0 Å². The highest BCUT2D eigenvalue weighted by Crippen LogP contribution is 2.20. The smallest absolute Gasteiger partial charge is 0.0827 e. The molecule has 1 aliphatic heterocycles. The van der Waals surface area contributed by atoms with Gasteiger partial charge < -0.3 is 4.90 Å². The molecule has 4 heteroatoms. The SMILES string of the molecule is Cc1nn(C)cc1N1CCN(C(C)C)CC1. The number of anilines is 1. The van der Waals surface area contributed by atoms with Gasteiger partial charge in [0.25, 0.3) is 0 Å². The number of hydrogen-bond acceptors (Lipinski definition) is 3. The fourth-order valence-electron chi connectivity index (χ4n) is 2.38. The van der Waals surface area contributed by atoms with Crippen molar-refractivity contribution in [1.29, 1.82) is 0 Å². The molecule has 0 bridgehead atoms. The van der Waals surface area contributed by atoms with Crippen molar-refractivity contribution in [1.82, 2.24) is 14.7 Å². The maximum atomic E-state index is 4.40. The quantitative estimate of drug-likeness (QED) is 0.753. The van der Waals surface area contributed by atoms with E-state index in [0.717, 1.165) is 31.9 Å². The Bertz CT molecular complexity index is 348. The molecule has 0 amide bonds. The Kier molecular flexibility index (Phi) is 3.19. The predicted octanol–water partition coefficient (Wildman–Crippen LogP) is 1.26. The van der Waals surface area contributed by atoms with Crippen LogP contribution in [0.2, 0.25) is 0 Å². The summed E-state index contributed by atoms with van der Waals surface area (Å²) in [7, 11) is 1.99. The Morgan fingerprint density at radius 2 is 1.81 bits per heavy atom. The fraction of sp³-hybridized carbons (Fsp3) is 0.750. The molecule has 1 aromatic heterocycles. The van der Waals surface area contributed by atoms with Crippen LogP contribution in [-0.4, -0.2) is 46.9 Å². The van der Waals surface area contributed by atoms with Crippen molar-refractivity contribution in [3.63, 3.8) is 0 Å².